The molecular weight excluding hydrogens is 544 g/mol. The van der Waals surface area contributed by atoms with Crippen LogP contribution in [0.5, 0.6) is 0 Å². The SMILES string of the molecule is CN1CCN(C2CCN(Cc3ccc(C(=O)NNc4nc(C#N)ncc4Br)cc3C3CCCC3)CC2)CC1. The number of nitrogens with one attached hydrogen (secondary N) is 2. The van der Waals surface area contributed by atoms with E-state index in [4.69, 9.17) is 5.26 Å². The summed E-state index contributed by atoms with van der Waals surface area (Å²) in [5.41, 5.74) is 8.86. The van der Waals surface area contributed by atoms with Crippen LogP contribution in [0, 0.1) is 11.3 Å². The number of hydrazine groups is 1. The van der Waals surface area contributed by atoms with E-state index in [0.29, 0.717) is 27.8 Å². The smallest absolute Gasteiger partial charge is 0.269 e. The quantitative estimate of drug-likeness (QED) is 0.478. The zero-order chi connectivity index (χ0) is 26.5. The van der Waals surface area contributed by atoms with Crippen LogP contribution in [-0.4, -0.2) is 82.9 Å². The summed E-state index contributed by atoms with van der Waals surface area (Å²) in [4.78, 5) is 28.8. The summed E-state index contributed by atoms with van der Waals surface area (Å²) in [5, 5.41) is 9.06. The predicted molar refractivity (Wildman–Crippen MR) is 151 cm³/mol. The summed E-state index contributed by atoms with van der Waals surface area (Å²) >= 11 is 3.35. The van der Waals surface area contributed by atoms with Crippen molar-refractivity contribution < 1.29 is 4.79 Å². The van der Waals surface area contributed by atoms with E-state index < -0.39 is 0 Å². The number of nitrogens with zero attached hydrogens (tertiary/aromatic N) is 6. The monoisotopic (exact) mass is 580 g/mol. The number of nitriles is 1. The molecule has 2 aliphatic heterocycles. The van der Waals surface area contributed by atoms with Gasteiger partial charge in [0.1, 0.15) is 6.07 Å². The molecule has 0 atom stereocenters. The summed E-state index contributed by atoms with van der Waals surface area (Å²) in [6.07, 6.45) is 8.84. The van der Waals surface area contributed by atoms with Crippen LogP contribution in [0.25, 0.3) is 0 Å². The maximum atomic E-state index is 13.0. The maximum Gasteiger partial charge on any atom is 0.269 e. The molecule has 2 aromatic rings. The van der Waals surface area contributed by atoms with Crippen LogP contribution in [0.4, 0.5) is 5.82 Å². The number of amides is 1. The number of likely N-dealkylation sites (tertiary alicyclic amines) is 1. The molecule has 2 saturated heterocycles. The molecular formula is C28H37BrN8O. The molecule has 1 aromatic carbocycles. The predicted octanol–water partition coefficient (Wildman–Crippen LogP) is 3.74. The number of halogens is 1. The van der Waals surface area contributed by atoms with Crippen LogP contribution in [0.1, 0.15) is 71.8 Å². The summed E-state index contributed by atoms with van der Waals surface area (Å²) in [6.45, 7) is 7.96. The first kappa shape index (κ1) is 27.0. The second kappa shape index (κ2) is 12.5. The number of piperidine rings is 1. The first-order valence-corrected chi connectivity index (χ1v) is 14.6. The highest BCUT2D eigenvalue weighted by Gasteiger charge is 2.28. The van der Waals surface area contributed by atoms with Gasteiger partial charge in [0.25, 0.3) is 5.91 Å². The Balaban J connectivity index is 1.23. The summed E-state index contributed by atoms with van der Waals surface area (Å²) < 4.78 is 0.565. The van der Waals surface area contributed by atoms with Gasteiger partial charge in [0, 0.05) is 50.5 Å². The molecule has 202 valence electrons. The Kier molecular flexibility index (Phi) is 8.89. The van der Waals surface area contributed by atoms with E-state index in [1.165, 1.54) is 82.0 Å². The highest BCUT2D eigenvalue weighted by atomic mass is 79.9. The number of carbonyl (C=O) groups is 1. The highest BCUT2D eigenvalue weighted by Crippen LogP contribution is 2.37. The minimum Gasteiger partial charge on any atom is -0.304 e. The van der Waals surface area contributed by atoms with Gasteiger partial charge in [0.05, 0.1) is 4.47 Å². The fourth-order valence-corrected chi connectivity index (χ4v) is 6.35. The average Bonchev–Trinajstić information content (AvgIpc) is 3.48. The topological polar surface area (TPSA) is 100 Å². The lowest BCUT2D eigenvalue weighted by molar-refractivity contribution is 0.0657. The molecule has 38 heavy (non-hydrogen) atoms. The van der Waals surface area contributed by atoms with Gasteiger partial charge in [-0.1, -0.05) is 18.9 Å². The van der Waals surface area contributed by atoms with Crippen molar-refractivity contribution in [3.8, 4) is 6.07 Å². The normalized spacial score (nSPS) is 20.3. The fourth-order valence-electron chi connectivity index (χ4n) is 6.06. The van der Waals surface area contributed by atoms with Gasteiger partial charge in [-0.25, -0.2) is 4.98 Å². The molecule has 5 rings (SSSR count). The molecule has 0 unspecified atom stereocenters. The molecule has 2 N–H and O–H groups in total. The molecule has 1 aromatic heterocycles. The number of likely N-dealkylation sites (N-methyl/N-ethyl adjacent to an activating group) is 1. The first-order valence-electron chi connectivity index (χ1n) is 13.8. The van der Waals surface area contributed by atoms with E-state index in [9.17, 15) is 4.79 Å². The molecule has 0 spiro atoms. The lowest BCUT2D eigenvalue weighted by atomic mass is 9.90. The molecule has 9 nitrogen and oxygen atoms in total. The number of rotatable bonds is 7. The largest absolute Gasteiger partial charge is 0.304 e. The summed E-state index contributed by atoms with van der Waals surface area (Å²) in [6, 6.07) is 8.80. The number of hydrogen-bond donors (Lipinski definition) is 2. The van der Waals surface area contributed by atoms with Crippen LogP contribution in [0.2, 0.25) is 0 Å². The molecule has 1 saturated carbocycles. The van der Waals surface area contributed by atoms with Crippen LogP contribution < -0.4 is 10.9 Å². The summed E-state index contributed by atoms with van der Waals surface area (Å²) in [5.74, 6) is 0.665. The number of aromatic nitrogens is 2. The van der Waals surface area contributed by atoms with E-state index in [-0.39, 0.29) is 11.7 Å². The Labute approximate surface area is 233 Å². The first-order chi connectivity index (χ1) is 18.5. The van der Waals surface area contributed by atoms with Gasteiger partial charge in [0.15, 0.2) is 5.82 Å². The minimum atomic E-state index is -0.229. The molecule has 3 aliphatic rings. The van der Waals surface area contributed by atoms with E-state index >= 15 is 0 Å². The van der Waals surface area contributed by atoms with Gasteiger partial charge >= 0.3 is 0 Å². The Morgan fingerprint density at radius 1 is 1.11 bits per heavy atom. The van der Waals surface area contributed by atoms with Gasteiger partial charge in [-0.3, -0.25) is 25.4 Å². The van der Waals surface area contributed by atoms with E-state index in [1.807, 2.05) is 12.1 Å². The van der Waals surface area contributed by atoms with Crippen LogP contribution >= 0.6 is 15.9 Å². The van der Waals surface area contributed by atoms with Crippen molar-refractivity contribution >= 4 is 27.7 Å². The van der Waals surface area contributed by atoms with Crippen LogP contribution in [0.15, 0.2) is 28.9 Å². The van der Waals surface area contributed by atoms with Gasteiger partial charge in [-0.2, -0.15) is 10.2 Å². The molecule has 0 bridgehead atoms. The van der Waals surface area contributed by atoms with E-state index in [2.05, 4.69) is 70.6 Å². The van der Waals surface area contributed by atoms with Crippen molar-refractivity contribution in [2.45, 2.75) is 57.0 Å². The number of carbonyl (C=O) groups excluding carboxylic acids is 1. The van der Waals surface area contributed by atoms with Gasteiger partial charge in [-0.15, -0.1) is 0 Å². The zero-order valence-corrected chi connectivity index (χ0v) is 23.7. The van der Waals surface area contributed by atoms with Crippen molar-refractivity contribution in [1.29, 1.82) is 5.26 Å². The van der Waals surface area contributed by atoms with Gasteiger partial charge in [-0.05, 0) is 90.9 Å². The lowest BCUT2D eigenvalue weighted by Crippen LogP contribution is -2.52. The van der Waals surface area contributed by atoms with Crippen molar-refractivity contribution in [3.63, 3.8) is 0 Å². The summed E-state index contributed by atoms with van der Waals surface area (Å²) in [7, 11) is 2.22. The molecule has 1 aliphatic carbocycles. The Bertz CT molecular complexity index is 1160. The molecule has 10 heteroatoms. The number of benzene rings is 1. The molecule has 0 radical (unpaired) electrons. The van der Waals surface area contributed by atoms with Crippen molar-refractivity contribution in [1.82, 2.24) is 30.1 Å². The average molecular weight is 582 g/mol. The lowest BCUT2D eigenvalue weighted by Gasteiger charge is -2.42. The molecule has 1 amide bonds. The highest BCUT2D eigenvalue weighted by molar-refractivity contribution is 9.10. The Hall–Kier alpha value is -2.58. The molecule has 3 fully saturated rings. The number of piperazine rings is 1. The second-order valence-corrected chi connectivity index (χ2v) is 11.7. The third-order valence-electron chi connectivity index (χ3n) is 8.35. The third kappa shape index (κ3) is 6.52. The Morgan fingerprint density at radius 2 is 1.84 bits per heavy atom. The molecule has 3 heterocycles. The van der Waals surface area contributed by atoms with Crippen molar-refractivity contribution in [2.75, 3.05) is 51.7 Å². The Morgan fingerprint density at radius 3 is 2.55 bits per heavy atom. The third-order valence-corrected chi connectivity index (χ3v) is 8.93. The standard InChI is InChI=1S/C28H37BrN8O/c1-35-12-14-37(15-13-35)23-8-10-36(11-9-23)19-22-7-6-21(16-24(22)20-4-2-3-5-20)28(38)34-33-27-25(29)18-31-26(17-30)32-27/h6-7,16,18,20,23H,2-5,8-15,19H2,1H3,(H,34,38)(H,31,32,33). The number of hydrogen-bond acceptors (Lipinski definition) is 8. The van der Waals surface area contributed by atoms with Gasteiger partial charge in [0.2, 0.25) is 5.82 Å². The van der Waals surface area contributed by atoms with E-state index in [0.717, 1.165) is 19.6 Å². The zero-order valence-electron chi connectivity index (χ0n) is 22.1. The van der Waals surface area contributed by atoms with Crippen LogP contribution in [-0.2, 0) is 6.54 Å². The van der Waals surface area contributed by atoms with E-state index in [1.54, 1.807) is 0 Å². The van der Waals surface area contributed by atoms with Gasteiger partial charge < -0.3 is 4.90 Å². The number of anilines is 1. The van der Waals surface area contributed by atoms with Crippen molar-refractivity contribution in [3.05, 3.63) is 51.4 Å². The van der Waals surface area contributed by atoms with Crippen LogP contribution in [0.3, 0.4) is 0 Å². The maximum absolute atomic E-state index is 13.0. The van der Waals surface area contributed by atoms with Crippen molar-refractivity contribution in [2.24, 2.45) is 0 Å². The minimum absolute atomic E-state index is 0.0328. The fraction of sp³-hybridized carbons (Fsp3) is 0.571. The second-order valence-electron chi connectivity index (χ2n) is 10.8.